The molecule has 0 unspecified atom stereocenters. The van der Waals surface area contributed by atoms with Gasteiger partial charge >= 0.3 is 5.97 Å². The summed E-state index contributed by atoms with van der Waals surface area (Å²) in [7, 11) is 1.51. The van der Waals surface area contributed by atoms with Gasteiger partial charge in [0.2, 0.25) is 11.6 Å². The first-order chi connectivity index (χ1) is 15.0. The fraction of sp³-hybridized carbons (Fsp3) is 0.238. The van der Waals surface area contributed by atoms with Crippen molar-refractivity contribution in [1.29, 1.82) is 0 Å². The molecule has 2 amide bonds. The van der Waals surface area contributed by atoms with Crippen LogP contribution in [0.5, 0.6) is 0 Å². The molecule has 3 aromatic rings. The zero-order valence-electron chi connectivity index (χ0n) is 16.6. The molecule has 0 saturated carbocycles. The van der Waals surface area contributed by atoms with Crippen molar-refractivity contribution in [3.05, 3.63) is 66.0 Å². The van der Waals surface area contributed by atoms with Crippen LogP contribution in [0.4, 0.5) is 5.69 Å². The van der Waals surface area contributed by atoms with E-state index in [0.29, 0.717) is 22.8 Å². The Kier molecular flexibility index (Phi) is 4.28. The third-order valence-electron chi connectivity index (χ3n) is 5.74. The molecule has 2 aliphatic rings. The van der Waals surface area contributed by atoms with Gasteiger partial charge in [0, 0.05) is 19.9 Å². The second-order valence-corrected chi connectivity index (χ2v) is 7.35. The van der Waals surface area contributed by atoms with Gasteiger partial charge in [0.1, 0.15) is 0 Å². The summed E-state index contributed by atoms with van der Waals surface area (Å²) in [6.45, 7) is -0.214. The summed E-state index contributed by atoms with van der Waals surface area (Å²) in [5, 5.41) is 11.6. The lowest BCUT2D eigenvalue weighted by atomic mass is 9.97. The molecule has 0 N–H and O–H groups in total. The average Bonchev–Trinajstić information content (AvgIpc) is 3.42. The molecule has 1 saturated heterocycles. The molecular weight excluding hydrogens is 400 g/mol. The normalized spacial score (nSPS) is 19.9. The zero-order valence-corrected chi connectivity index (χ0v) is 16.6. The summed E-state index contributed by atoms with van der Waals surface area (Å²) in [4.78, 5) is 41.8. The molecule has 1 fully saturated rings. The molecule has 0 aliphatic carbocycles. The summed E-state index contributed by atoms with van der Waals surface area (Å²) in [6.07, 6.45) is 0.272. The zero-order chi connectivity index (χ0) is 21.6. The maximum Gasteiger partial charge on any atom is 0.354 e. The van der Waals surface area contributed by atoms with Gasteiger partial charge in [0.15, 0.2) is 12.4 Å². The molecule has 31 heavy (non-hydrogen) atoms. The molecule has 0 spiro atoms. The Labute approximate surface area is 177 Å². The van der Waals surface area contributed by atoms with Crippen LogP contribution in [-0.2, 0) is 20.9 Å². The predicted octanol–water partition coefficient (Wildman–Crippen LogP) is 1.31. The van der Waals surface area contributed by atoms with Crippen LogP contribution in [0.2, 0.25) is 0 Å². The first-order valence-electron chi connectivity index (χ1n) is 9.74. The molecule has 10 heteroatoms. The van der Waals surface area contributed by atoms with Crippen molar-refractivity contribution in [3.63, 3.8) is 0 Å². The Morgan fingerprint density at radius 3 is 2.65 bits per heavy atom. The highest BCUT2D eigenvalue weighted by Crippen LogP contribution is 2.44. The van der Waals surface area contributed by atoms with Crippen molar-refractivity contribution >= 4 is 23.5 Å². The number of carbonyl (C=O) groups is 3. The molecule has 0 radical (unpaired) electrons. The number of para-hydroxylation sites is 2. The Hall–Kier alpha value is -4.08. The lowest BCUT2D eigenvalue weighted by molar-refractivity contribution is -0.158. The Morgan fingerprint density at radius 2 is 1.84 bits per heavy atom. The number of tetrazole rings is 1. The number of hydrogen-bond acceptors (Lipinski definition) is 7. The fourth-order valence-electron chi connectivity index (χ4n) is 4.20. The van der Waals surface area contributed by atoms with E-state index in [1.807, 2.05) is 30.3 Å². The van der Waals surface area contributed by atoms with Crippen molar-refractivity contribution in [1.82, 2.24) is 25.1 Å². The smallest absolute Gasteiger partial charge is 0.354 e. The third-order valence-corrected chi connectivity index (χ3v) is 5.74. The molecule has 3 heterocycles. The lowest BCUT2D eigenvalue weighted by Gasteiger charge is -2.46. The molecule has 156 valence electrons. The highest BCUT2D eigenvalue weighted by Gasteiger charge is 2.60. The minimum Gasteiger partial charge on any atom is -0.454 e. The SMILES string of the molecule is CN1C(=O)c2ccccc2N2C(=O)CC[C@]12C(=O)OCc1nnnn1-c1ccccc1. The van der Waals surface area contributed by atoms with Crippen LogP contribution >= 0.6 is 0 Å². The quantitative estimate of drug-likeness (QED) is 0.588. The van der Waals surface area contributed by atoms with Gasteiger partial charge in [-0.2, -0.15) is 4.68 Å². The van der Waals surface area contributed by atoms with Crippen LogP contribution in [0.15, 0.2) is 54.6 Å². The maximum absolute atomic E-state index is 13.4. The number of anilines is 1. The molecule has 2 aliphatic heterocycles. The number of rotatable bonds is 4. The molecular formula is C21H18N6O4. The van der Waals surface area contributed by atoms with E-state index in [1.165, 1.54) is 21.5 Å². The van der Waals surface area contributed by atoms with Crippen molar-refractivity contribution in [2.75, 3.05) is 11.9 Å². The van der Waals surface area contributed by atoms with E-state index in [0.717, 1.165) is 0 Å². The van der Waals surface area contributed by atoms with Gasteiger partial charge in [0.25, 0.3) is 5.91 Å². The molecule has 0 bridgehead atoms. The monoisotopic (exact) mass is 418 g/mol. The highest BCUT2D eigenvalue weighted by molar-refractivity contribution is 6.15. The first kappa shape index (κ1) is 18.9. The number of esters is 1. The summed E-state index contributed by atoms with van der Waals surface area (Å²) in [5.74, 6) is -0.964. The Morgan fingerprint density at radius 1 is 1.10 bits per heavy atom. The van der Waals surface area contributed by atoms with E-state index in [2.05, 4.69) is 15.5 Å². The van der Waals surface area contributed by atoms with Crippen LogP contribution in [0.1, 0.15) is 29.0 Å². The van der Waals surface area contributed by atoms with Crippen molar-refractivity contribution < 1.29 is 19.1 Å². The number of fused-ring (bicyclic) bond motifs is 3. The number of likely N-dealkylation sites (N-methyl/N-ethyl adjacent to an activating group) is 1. The van der Waals surface area contributed by atoms with Crippen molar-refractivity contribution in [2.45, 2.75) is 25.1 Å². The van der Waals surface area contributed by atoms with E-state index in [-0.39, 0.29) is 31.3 Å². The number of ether oxygens (including phenoxy) is 1. The molecule has 1 aromatic heterocycles. The lowest BCUT2D eigenvalue weighted by Crippen LogP contribution is -2.67. The van der Waals surface area contributed by atoms with Crippen molar-refractivity contribution in [3.8, 4) is 5.69 Å². The van der Waals surface area contributed by atoms with Crippen LogP contribution in [0.25, 0.3) is 5.69 Å². The number of nitrogens with zero attached hydrogens (tertiary/aromatic N) is 6. The van der Waals surface area contributed by atoms with E-state index in [4.69, 9.17) is 4.74 Å². The van der Waals surface area contributed by atoms with Gasteiger partial charge in [-0.25, -0.2) is 4.79 Å². The number of hydrogen-bond donors (Lipinski definition) is 0. The fourth-order valence-corrected chi connectivity index (χ4v) is 4.20. The van der Waals surface area contributed by atoms with E-state index >= 15 is 0 Å². The summed E-state index contributed by atoms with van der Waals surface area (Å²) >= 11 is 0. The van der Waals surface area contributed by atoms with Crippen LogP contribution in [-0.4, -0.2) is 55.6 Å². The summed E-state index contributed by atoms with van der Waals surface area (Å²) < 4.78 is 7.05. The Balaban J connectivity index is 1.46. The summed E-state index contributed by atoms with van der Waals surface area (Å²) in [6, 6.07) is 16.0. The first-order valence-corrected chi connectivity index (χ1v) is 9.74. The molecule has 5 rings (SSSR count). The number of aromatic nitrogens is 4. The molecule has 2 aromatic carbocycles. The number of benzene rings is 2. The van der Waals surface area contributed by atoms with Gasteiger partial charge in [0.05, 0.1) is 16.9 Å². The van der Waals surface area contributed by atoms with Gasteiger partial charge < -0.3 is 9.64 Å². The average molecular weight is 418 g/mol. The van der Waals surface area contributed by atoms with Crippen LogP contribution in [0.3, 0.4) is 0 Å². The maximum atomic E-state index is 13.4. The van der Waals surface area contributed by atoms with Gasteiger partial charge in [-0.05, 0) is 34.7 Å². The number of amides is 2. The highest BCUT2D eigenvalue weighted by atomic mass is 16.5. The molecule has 1 atom stereocenters. The van der Waals surface area contributed by atoms with E-state index in [1.54, 1.807) is 24.3 Å². The second kappa shape index (κ2) is 7.01. The number of carbonyl (C=O) groups excluding carboxylic acids is 3. The minimum atomic E-state index is -1.53. The standard InChI is InChI=1S/C21H18N6O4/c1-25-19(29)15-9-5-6-10-16(15)26-18(28)11-12-21(25,26)20(30)31-13-17-22-23-24-27(17)14-7-3-2-4-8-14/h2-10H,11-13H2,1H3/t21-/m0/s1. The van der Waals surface area contributed by atoms with Crippen molar-refractivity contribution in [2.24, 2.45) is 0 Å². The van der Waals surface area contributed by atoms with Crippen LogP contribution < -0.4 is 4.90 Å². The largest absolute Gasteiger partial charge is 0.454 e. The van der Waals surface area contributed by atoms with Gasteiger partial charge in [-0.15, -0.1) is 5.10 Å². The van der Waals surface area contributed by atoms with Gasteiger partial charge in [-0.3, -0.25) is 14.5 Å². The third kappa shape index (κ3) is 2.71. The predicted molar refractivity (Wildman–Crippen MR) is 107 cm³/mol. The van der Waals surface area contributed by atoms with Crippen LogP contribution in [0, 0.1) is 0 Å². The second-order valence-electron chi connectivity index (χ2n) is 7.35. The van der Waals surface area contributed by atoms with E-state index in [9.17, 15) is 14.4 Å². The Bertz CT molecular complexity index is 1190. The minimum absolute atomic E-state index is 0.128. The molecule has 10 nitrogen and oxygen atoms in total. The topological polar surface area (TPSA) is 111 Å². The van der Waals surface area contributed by atoms with E-state index < -0.39 is 11.6 Å². The summed E-state index contributed by atoms with van der Waals surface area (Å²) in [5.41, 5.74) is -0.0303. The van der Waals surface area contributed by atoms with Gasteiger partial charge in [-0.1, -0.05) is 30.3 Å².